The van der Waals surface area contributed by atoms with Gasteiger partial charge in [0.1, 0.15) is 0 Å². The van der Waals surface area contributed by atoms with E-state index in [1.165, 1.54) is 0 Å². The first-order chi connectivity index (χ1) is 7.89. The van der Waals surface area contributed by atoms with E-state index >= 15 is 0 Å². The van der Waals surface area contributed by atoms with Crippen LogP contribution < -0.4 is 0 Å². The predicted octanol–water partition coefficient (Wildman–Crippen LogP) is 1.81. The Kier molecular flexibility index (Phi) is 4.63. The fraction of sp³-hybridized carbons (Fsp3) is 0.538. The molecule has 4 nitrogen and oxygen atoms in total. The lowest BCUT2D eigenvalue weighted by Crippen LogP contribution is -2.45. The summed E-state index contributed by atoms with van der Waals surface area (Å²) in [6.45, 7) is 6.88. The van der Waals surface area contributed by atoms with E-state index in [1.54, 1.807) is 6.20 Å². The first-order valence-electron chi connectivity index (χ1n) is 5.75. The first-order valence-corrected chi connectivity index (χ1v) is 5.75. The Bertz CT molecular complexity index is 357. The monoisotopic (exact) mass is 236 g/mol. The fourth-order valence-corrected chi connectivity index (χ4v) is 1.62. The van der Waals surface area contributed by atoms with Gasteiger partial charge in [0.25, 0.3) is 0 Å². The van der Waals surface area contributed by atoms with Crippen LogP contribution in [0.25, 0.3) is 0 Å². The molecule has 0 saturated heterocycles. The normalized spacial score (nSPS) is 11.8. The van der Waals surface area contributed by atoms with Crippen molar-refractivity contribution >= 4 is 5.97 Å². The maximum atomic E-state index is 10.8. The van der Waals surface area contributed by atoms with E-state index in [9.17, 15) is 4.79 Å². The zero-order chi connectivity index (χ0) is 12.9. The van der Waals surface area contributed by atoms with Crippen molar-refractivity contribution in [2.24, 2.45) is 0 Å². The average Bonchev–Trinajstić information content (AvgIpc) is 2.23. The van der Waals surface area contributed by atoms with E-state index in [-0.39, 0.29) is 12.1 Å². The molecule has 0 fully saturated rings. The molecular weight excluding hydrogens is 216 g/mol. The van der Waals surface area contributed by atoms with E-state index in [1.807, 2.05) is 44.0 Å². The Morgan fingerprint density at radius 2 is 2.18 bits per heavy atom. The van der Waals surface area contributed by atoms with E-state index in [4.69, 9.17) is 5.11 Å². The summed E-state index contributed by atoms with van der Waals surface area (Å²) < 4.78 is 0. The highest BCUT2D eigenvalue weighted by Crippen LogP contribution is 2.13. The average molecular weight is 236 g/mol. The van der Waals surface area contributed by atoms with Crippen molar-refractivity contribution in [3.63, 3.8) is 0 Å². The number of hydrogen-bond donors (Lipinski definition) is 1. The maximum absolute atomic E-state index is 10.8. The minimum Gasteiger partial charge on any atom is -0.480 e. The van der Waals surface area contributed by atoms with Gasteiger partial charge in [0.05, 0.1) is 6.54 Å². The molecule has 0 atom stereocenters. The molecule has 0 saturated carbocycles. The lowest BCUT2D eigenvalue weighted by molar-refractivity contribution is -0.139. The highest BCUT2D eigenvalue weighted by molar-refractivity contribution is 5.69. The van der Waals surface area contributed by atoms with Gasteiger partial charge in [-0.1, -0.05) is 6.07 Å². The van der Waals surface area contributed by atoms with Crippen LogP contribution in [0.1, 0.15) is 26.3 Å². The molecule has 1 aromatic rings. The molecule has 17 heavy (non-hydrogen) atoms. The minimum absolute atomic E-state index is 0.0732. The summed E-state index contributed by atoms with van der Waals surface area (Å²) >= 11 is 0. The molecular formula is C13H20N2O2. The van der Waals surface area contributed by atoms with Crippen LogP contribution in [0.15, 0.2) is 24.5 Å². The van der Waals surface area contributed by atoms with Crippen molar-refractivity contribution in [3.8, 4) is 0 Å². The standard InChI is InChI=1S/C13H20N2O2/c1-13(2,3)15(10-12(16)17)8-6-11-5-4-7-14-9-11/h4-5,7,9H,6,8,10H2,1-3H3,(H,16,17). The van der Waals surface area contributed by atoms with E-state index in [0.29, 0.717) is 0 Å². The van der Waals surface area contributed by atoms with E-state index < -0.39 is 5.97 Å². The van der Waals surface area contributed by atoms with Gasteiger partial charge in [0, 0.05) is 24.5 Å². The number of aliphatic carboxylic acids is 1. The van der Waals surface area contributed by atoms with Crippen molar-refractivity contribution in [1.82, 2.24) is 9.88 Å². The lowest BCUT2D eigenvalue weighted by atomic mass is 10.0. The van der Waals surface area contributed by atoms with E-state index in [0.717, 1.165) is 18.5 Å². The molecule has 1 N–H and O–H groups in total. The number of carboxylic acid groups (broad SMARTS) is 1. The van der Waals surface area contributed by atoms with Crippen molar-refractivity contribution in [2.75, 3.05) is 13.1 Å². The highest BCUT2D eigenvalue weighted by Gasteiger charge is 2.22. The molecule has 94 valence electrons. The molecule has 0 aliphatic heterocycles. The minimum atomic E-state index is -0.786. The summed E-state index contributed by atoms with van der Waals surface area (Å²) in [5.74, 6) is -0.786. The molecule has 0 aromatic carbocycles. The van der Waals surface area contributed by atoms with Crippen LogP contribution in [0.2, 0.25) is 0 Å². The molecule has 0 aliphatic carbocycles. The summed E-state index contributed by atoms with van der Waals surface area (Å²) in [5.41, 5.74) is 0.993. The van der Waals surface area contributed by atoms with Crippen molar-refractivity contribution in [2.45, 2.75) is 32.7 Å². The number of carbonyl (C=O) groups is 1. The molecule has 0 spiro atoms. The molecule has 0 unspecified atom stereocenters. The molecule has 4 heteroatoms. The lowest BCUT2D eigenvalue weighted by Gasteiger charge is -2.34. The molecule has 0 amide bonds. The largest absolute Gasteiger partial charge is 0.480 e. The Hall–Kier alpha value is -1.42. The molecule has 0 aliphatic rings. The second-order valence-electron chi connectivity index (χ2n) is 5.10. The summed E-state index contributed by atoms with van der Waals surface area (Å²) in [4.78, 5) is 16.8. The third-order valence-corrected chi connectivity index (χ3v) is 2.67. The summed E-state index contributed by atoms with van der Waals surface area (Å²) in [7, 11) is 0. The zero-order valence-corrected chi connectivity index (χ0v) is 10.7. The van der Waals surface area contributed by atoms with Crippen LogP contribution in [0.4, 0.5) is 0 Å². The molecule has 1 heterocycles. The Labute approximate surface area is 102 Å². The smallest absolute Gasteiger partial charge is 0.317 e. The second kappa shape index (κ2) is 5.77. The Morgan fingerprint density at radius 1 is 1.47 bits per heavy atom. The quantitative estimate of drug-likeness (QED) is 0.847. The Balaban J connectivity index is 2.59. The number of nitrogens with zero attached hydrogens (tertiary/aromatic N) is 2. The van der Waals surface area contributed by atoms with Crippen molar-refractivity contribution < 1.29 is 9.90 Å². The van der Waals surface area contributed by atoms with Gasteiger partial charge >= 0.3 is 5.97 Å². The fourth-order valence-electron chi connectivity index (χ4n) is 1.62. The molecule has 1 rings (SSSR count). The van der Waals surface area contributed by atoms with Gasteiger partial charge in [-0.15, -0.1) is 0 Å². The van der Waals surface area contributed by atoms with Gasteiger partial charge < -0.3 is 5.11 Å². The van der Waals surface area contributed by atoms with Crippen LogP contribution in [-0.2, 0) is 11.2 Å². The van der Waals surface area contributed by atoms with Gasteiger partial charge in [0.15, 0.2) is 0 Å². The van der Waals surface area contributed by atoms with Gasteiger partial charge in [-0.3, -0.25) is 14.7 Å². The number of carboxylic acids is 1. The summed E-state index contributed by atoms with van der Waals surface area (Å²) in [6.07, 6.45) is 4.38. The third-order valence-electron chi connectivity index (χ3n) is 2.67. The van der Waals surface area contributed by atoms with Crippen molar-refractivity contribution in [3.05, 3.63) is 30.1 Å². The molecule has 1 aromatic heterocycles. The van der Waals surface area contributed by atoms with E-state index in [2.05, 4.69) is 4.98 Å². The maximum Gasteiger partial charge on any atom is 0.317 e. The topological polar surface area (TPSA) is 53.4 Å². The first kappa shape index (κ1) is 13.6. The van der Waals surface area contributed by atoms with Crippen LogP contribution in [0.5, 0.6) is 0 Å². The third kappa shape index (κ3) is 4.95. The Morgan fingerprint density at radius 3 is 2.65 bits per heavy atom. The van der Waals surface area contributed by atoms with Crippen LogP contribution in [-0.4, -0.2) is 39.6 Å². The second-order valence-corrected chi connectivity index (χ2v) is 5.10. The molecule has 0 radical (unpaired) electrons. The van der Waals surface area contributed by atoms with Crippen LogP contribution in [0, 0.1) is 0 Å². The highest BCUT2D eigenvalue weighted by atomic mass is 16.4. The van der Waals surface area contributed by atoms with Crippen molar-refractivity contribution in [1.29, 1.82) is 0 Å². The van der Waals surface area contributed by atoms with Crippen LogP contribution in [0.3, 0.4) is 0 Å². The predicted molar refractivity (Wildman–Crippen MR) is 66.9 cm³/mol. The molecule has 0 bridgehead atoms. The summed E-state index contributed by atoms with van der Waals surface area (Å²) in [5, 5.41) is 8.89. The van der Waals surface area contributed by atoms with Crippen LogP contribution >= 0.6 is 0 Å². The number of aromatic nitrogens is 1. The summed E-state index contributed by atoms with van der Waals surface area (Å²) in [6, 6.07) is 3.91. The number of hydrogen-bond acceptors (Lipinski definition) is 3. The van der Waals surface area contributed by atoms with Gasteiger partial charge in [-0.2, -0.15) is 0 Å². The zero-order valence-electron chi connectivity index (χ0n) is 10.7. The van der Waals surface area contributed by atoms with Gasteiger partial charge in [0.2, 0.25) is 0 Å². The number of rotatable bonds is 5. The van der Waals surface area contributed by atoms with Gasteiger partial charge in [-0.05, 0) is 38.8 Å². The van der Waals surface area contributed by atoms with Gasteiger partial charge in [-0.25, -0.2) is 0 Å². The number of pyridine rings is 1. The SMILES string of the molecule is CC(C)(C)N(CCc1cccnc1)CC(=O)O.